The zero-order valence-corrected chi connectivity index (χ0v) is 10.5. The van der Waals surface area contributed by atoms with Crippen LogP contribution in [0.2, 0.25) is 0 Å². The number of thiophene rings is 1. The molecule has 0 bridgehead atoms. The van der Waals surface area contributed by atoms with Gasteiger partial charge in [0, 0.05) is 12.6 Å². The highest BCUT2D eigenvalue weighted by Gasteiger charge is 2.02. The second-order valence-electron chi connectivity index (χ2n) is 3.15. The van der Waals surface area contributed by atoms with Crippen LogP contribution < -0.4 is 5.32 Å². The molecule has 3 heteroatoms. The summed E-state index contributed by atoms with van der Waals surface area (Å²) in [5, 5.41) is 5.73. The SMILES string of the molecule is CCC(CC)NCc1csc(Br)c1. The lowest BCUT2D eigenvalue weighted by atomic mass is 10.1. The van der Waals surface area contributed by atoms with Gasteiger partial charge in [0.2, 0.25) is 0 Å². The Morgan fingerprint density at radius 3 is 2.62 bits per heavy atom. The molecule has 74 valence electrons. The first-order valence-corrected chi connectivity index (χ1v) is 6.39. The molecule has 0 saturated heterocycles. The van der Waals surface area contributed by atoms with Crippen LogP contribution in [0.5, 0.6) is 0 Å². The lowest BCUT2D eigenvalue weighted by molar-refractivity contribution is 0.484. The van der Waals surface area contributed by atoms with Crippen LogP contribution >= 0.6 is 27.3 Å². The van der Waals surface area contributed by atoms with E-state index in [2.05, 4.69) is 46.5 Å². The maximum Gasteiger partial charge on any atom is 0.0701 e. The number of hydrogen-bond donors (Lipinski definition) is 1. The van der Waals surface area contributed by atoms with E-state index in [4.69, 9.17) is 0 Å². The number of rotatable bonds is 5. The fraction of sp³-hybridized carbons (Fsp3) is 0.600. The van der Waals surface area contributed by atoms with E-state index >= 15 is 0 Å². The molecule has 1 aromatic rings. The summed E-state index contributed by atoms with van der Waals surface area (Å²) in [6.07, 6.45) is 2.42. The first-order valence-electron chi connectivity index (χ1n) is 4.72. The van der Waals surface area contributed by atoms with E-state index in [-0.39, 0.29) is 0 Å². The second kappa shape index (κ2) is 5.78. The monoisotopic (exact) mass is 261 g/mol. The number of hydrogen-bond acceptors (Lipinski definition) is 2. The lowest BCUT2D eigenvalue weighted by Gasteiger charge is -2.13. The average Bonchev–Trinajstić information content (AvgIpc) is 2.53. The Bertz CT molecular complexity index is 243. The van der Waals surface area contributed by atoms with E-state index in [1.54, 1.807) is 11.3 Å². The fourth-order valence-electron chi connectivity index (χ4n) is 1.28. The van der Waals surface area contributed by atoms with Crippen molar-refractivity contribution >= 4 is 27.3 Å². The van der Waals surface area contributed by atoms with Gasteiger partial charge in [-0.2, -0.15) is 0 Å². The third-order valence-corrected chi connectivity index (χ3v) is 3.76. The molecule has 0 saturated carbocycles. The molecular formula is C10H16BrNS. The van der Waals surface area contributed by atoms with Crippen LogP contribution in [0.1, 0.15) is 32.3 Å². The minimum atomic E-state index is 0.665. The van der Waals surface area contributed by atoms with Gasteiger partial charge in [0.1, 0.15) is 0 Å². The van der Waals surface area contributed by atoms with Gasteiger partial charge in [-0.05, 0) is 45.8 Å². The van der Waals surface area contributed by atoms with Gasteiger partial charge in [0.25, 0.3) is 0 Å². The van der Waals surface area contributed by atoms with Gasteiger partial charge in [0.15, 0.2) is 0 Å². The van der Waals surface area contributed by atoms with E-state index in [9.17, 15) is 0 Å². The molecule has 0 spiro atoms. The largest absolute Gasteiger partial charge is 0.310 e. The third kappa shape index (κ3) is 3.79. The molecule has 1 N–H and O–H groups in total. The highest BCUT2D eigenvalue weighted by Crippen LogP contribution is 2.20. The summed E-state index contributed by atoms with van der Waals surface area (Å²) in [4.78, 5) is 0. The summed E-state index contributed by atoms with van der Waals surface area (Å²) in [6, 6.07) is 2.85. The van der Waals surface area contributed by atoms with E-state index in [1.807, 2.05) is 0 Å². The quantitative estimate of drug-likeness (QED) is 0.851. The molecule has 0 aliphatic rings. The fourth-order valence-corrected chi connectivity index (χ4v) is 2.49. The van der Waals surface area contributed by atoms with Gasteiger partial charge < -0.3 is 5.32 Å². The third-order valence-electron chi connectivity index (χ3n) is 2.20. The molecule has 1 rings (SSSR count). The summed E-state index contributed by atoms with van der Waals surface area (Å²) in [5.74, 6) is 0. The molecule has 0 fully saturated rings. The second-order valence-corrected chi connectivity index (χ2v) is 5.44. The Balaban J connectivity index is 2.33. The van der Waals surface area contributed by atoms with Crippen molar-refractivity contribution in [3.63, 3.8) is 0 Å². The van der Waals surface area contributed by atoms with Crippen molar-refractivity contribution in [1.82, 2.24) is 5.32 Å². The van der Waals surface area contributed by atoms with Gasteiger partial charge in [-0.25, -0.2) is 0 Å². The van der Waals surface area contributed by atoms with Crippen molar-refractivity contribution in [2.24, 2.45) is 0 Å². The Morgan fingerprint density at radius 1 is 1.46 bits per heavy atom. The summed E-state index contributed by atoms with van der Waals surface area (Å²) in [7, 11) is 0. The van der Waals surface area contributed by atoms with Crippen LogP contribution in [-0.2, 0) is 6.54 Å². The first-order chi connectivity index (χ1) is 6.26. The minimum Gasteiger partial charge on any atom is -0.310 e. The summed E-state index contributed by atoms with van der Waals surface area (Å²) in [6.45, 7) is 5.45. The molecular weight excluding hydrogens is 246 g/mol. The van der Waals surface area contributed by atoms with Gasteiger partial charge in [-0.1, -0.05) is 13.8 Å². The molecule has 0 aliphatic heterocycles. The van der Waals surface area contributed by atoms with E-state index in [1.165, 1.54) is 22.2 Å². The van der Waals surface area contributed by atoms with Crippen LogP contribution in [0, 0.1) is 0 Å². The van der Waals surface area contributed by atoms with Crippen molar-refractivity contribution in [2.45, 2.75) is 39.3 Å². The van der Waals surface area contributed by atoms with Gasteiger partial charge in [-0.3, -0.25) is 0 Å². The Labute approximate surface area is 92.7 Å². The molecule has 1 aromatic heterocycles. The summed E-state index contributed by atoms with van der Waals surface area (Å²) >= 11 is 5.21. The van der Waals surface area contributed by atoms with Crippen molar-refractivity contribution in [3.8, 4) is 0 Å². The molecule has 1 heterocycles. The van der Waals surface area contributed by atoms with Crippen molar-refractivity contribution in [2.75, 3.05) is 0 Å². The first kappa shape index (κ1) is 11.2. The van der Waals surface area contributed by atoms with Gasteiger partial charge >= 0.3 is 0 Å². The normalized spacial score (nSPS) is 11.1. The molecule has 0 radical (unpaired) electrons. The predicted molar refractivity (Wildman–Crippen MR) is 63.2 cm³/mol. The zero-order valence-electron chi connectivity index (χ0n) is 8.14. The predicted octanol–water partition coefficient (Wildman–Crippen LogP) is 3.79. The van der Waals surface area contributed by atoms with Crippen LogP contribution in [0.4, 0.5) is 0 Å². The molecule has 0 amide bonds. The molecule has 0 atom stereocenters. The number of halogens is 1. The lowest BCUT2D eigenvalue weighted by Crippen LogP contribution is -2.26. The summed E-state index contributed by atoms with van der Waals surface area (Å²) in [5.41, 5.74) is 1.38. The minimum absolute atomic E-state index is 0.665. The zero-order chi connectivity index (χ0) is 9.68. The molecule has 0 unspecified atom stereocenters. The maximum absolute atomic E-state index is 3.53. The molecule has 13 heavy (non-hydrogen) atoms. The van der Waals surface area contributed by atoms with Crippen LogP contribution in [0.15, 0.2) is 15.2 Å². The van der Waals surface area contributed by atoms with Crippen molar-refractivity contribution in [3.05, 3.63) is 20.8 Å². The highest BCUT2D eigenvalue weighted by molar-refractivity contribution is 9.11. The standard InChI is InChI=1S/C10H16BrNS/c1-3-9(4-2)12-6-8-5-10(11)13-7-8/h5,7,9,12H,3-4,6H2,1-2H3. The van der Waals surface area contributed by atoms with Crippen molar-refractivity contribution < 1.29 is 0 Å². The van der Waals surface area contributed by atoms with E-state index in [0.29, 0.717) is 6.04 Å². The van der Waals surface area contributed by atoms with E-state index in [0.717, 1.165) is 6.54 Å². The Morgan fingerprint density at radius 2 is 2.15 bits per heavy atom. The molecule has 0 aromatic carbocycles. The Hall–Kier alpha value is 0.140. The number of nitrogens with one attached hydrogen (secondary N) is 1. The Kier molecular flexibility index (Phi) is 4.99. The van der Waals surface area contributed by atoms with Crippen molar-refractivity contribution in [1.29, 1.82) is 0 Å². The maximum atomic E-state index is 3.53. The average molecular weight is 262 g/mol. The van der Waals surface area contributed by atoms with Crippen LogP contribution in [0.25, 0.3) is 0 Å². The van der Waals surface area contributed by atoms with E-state index < -0.39 is 0 Å². The van der Waals surface area contributed by atoms with Crippen LogP contribution in [0.3, 0.4) is 0 Å². The smallest absolute Gasteiger partial charge is 0.0701 e. The van der Waals surface area contributed by atoms with Crippen LogP contribution in [-0.4, -0.2) is 6.04 Å². The molecule has 1 nitrogen and oxygen atoms in total. The topological polar surface area (TPSA) is 12.0 Å². The highest BCUT2D eigenvalue weighted by atomic mass is 79.9. The van der Waals surface area contributed by atoms with Gasteiger partial charge in [-0.15, -0.1) is 11.3 Å². The van der Waals surface area contributed by atoms with Gasteiger partial charge in [0.05, 0.1) is 3.79 Å². The molecule has 0 aliphatic carbocycles. The summed E-state index contributed by atoms with van der Waals surface area (Å²) < 4.78 is 1.22.